The minimum atomic E-state index is -3.78. The van der Waals surface area contributed by atoms with E-state index in [0.717, 1.165) is 5.56 Å². The summed E-state index contributed by atoms with van der Waals surface area (Å²) in [5.74, 6) is 0.271. The van der Waals surface area contributed by atoms with Gasteiger partial charge in [-0.1, -0.05) is 23.8 Å². The first kappa shape index (κ1) is 21.5. The van der Waals surface area contributed by atoms with Crippen LogP contribution in [0.5, 0.6) is 5.75 Å². The van der Waals surface area contributed by atoms with E-state index in [0.29, 0.717) is 23.5 Å². The van der Waals surface area contributed by atoms with Gasteiger partial charge >= 0.3 is 0 Å². The van der Waals surface area contributed by atoms with Crippen molar-refractivity contribution in [3.63, 3.8) is 0 Å². The number of nitrogens with one attached hydrogen (secondary N) is 1. The van der Waals surface area contributed by atoms with Crippen LogP contribution in [-0.4, -0.2) is 32.5 Å². The molecule has 7 heteroatoms. The van der Waals surface area contributed by atoms with Crippen molar-refractivity contribution in [2.75, 3.05) is 13.2 Å². The summed E-state index contributed by atoms with van der Waals surface area (Å²) in [7, 11) is -3.78. The van der Waals surface area contributed by atoms with E-state index in [2.05, 4.69) is 10.3 Å². The number of carbonyl (C=O) groups is 1. The molecule has 1 N–H and O–H groups in total. The molecular formula is C23H24N2O4S. The number of carbonyl (C=O) groups excluding carboxylic acids is 1. The number of aryl methyl sites for hydroxylation is 1. The molecule has 30 heavy (non-hydrogen) atoms. The summed E-state index contributed by atoms with van der Waals surface area (Å²) in [6.07, 6.45) is 3.09. The van der Waals surface area contributed by atoms with Crippen molar-refractivity contribution in [3.8, 4) is 5.75 Å². The number of ether oxygens (including phenoxy) is 1. The number of aromatic nitrogens is 1. The minimum absolute atomic E-state index is 0.0754. The Hall–Kier alpha value is -3.19. The predicted molar refractivity (Wildman–Crippen MR) is 115 cm³/mol. The summed E-state index contributed by atoms with van der Waals surface area (Å²) in [5, 5.41) is 1.78. The van der Waals surface area contributed by atoms with Crippen molar-refractivity contribution in [1.82, 2.24) is 10.3 Å². The first-order valence-corrected chi connectivity index (χ1v) is 11.2. The number of pyridine rings is 1. The number of sulfone groups is 1. The van der Waals surface area contributed by atoms with Gasteiger partial charge in [0.2, 0.25) is 0 Å². The second kappa shape index (κ2) is 9.54. The van der Waals surface area contributed by atoms with Gasteiger partial charge in [0.05, 0.1) is 11.5 Å². The molecule has 0 aliphatic rings. The molecule has 1 atom stereocenters. The zero-order valence-corrected chi connectivity index (χ0v) is 17.7. The maximum Gasteiger partial charge on any atom is 0.251 e. The van der Waals surface area contributed by atoms with Gasteiger partial charge in [-0.15, -0.1) is 0 Å². The van der Waals surface area contributed by atoms with Crippen molar-refractivity contribution < 1.29 is 17.9 Å². The zero-order valence-electron chi connectivity index (χ0n) is 16.9. The molecule has 0 saturated carbocycles. The van der Waals surface area contributed by atoms with E-state index in [4.69, 9.17) is 4.74 Å². The Bertz CT molecular complexity index is 1080. The van der Waals surface area contributed by atoms with Crippen LogP contribution in [0, 0.1) is 6.92 Å². The van der Waals surface area contributed by atoms with E-state index in [1.807, 2.05) is 26.0 Å². The Labute approximate surface area is 176 Å². The Kier molecular flexibility index (Phi) is 6.84. The third-order valence-electron chi connectivity index (χ3n) is 4.66. The van der Waals surface area contributed by atoms with Gasteiger partial charge in [0, 0.05) is 24.5 Å². The summed E-state index contributed by atoms with van der Waals surface area (Å²) < 4.78 is 32.1. The fraction of sp³-hybridized carbons (Fsp3) is 0.217. The lowest BCUT2D eigenvalue weighted by atomic mass is 10.1. The molecule has 0 bridgehead atoms. The van der Waals surface area contributed by atoms with Gasteiger partial charge in [-0.2, -0.15) is 0 Å². The lowest BCUT2D eigenvalue weighted by Gasteiger charge is -2.19. The van der Waals surface area contributed by atoms with Crippen molar-refractivity contribution in [2.45, 2.75) is 24.0 Å². The second-order valence-corrected chi connectivity index (χ2v) is 8.93. The van der Waals surface area contributed by atoms with E-state index < -0.39 is 15.1 Å². The number of amides is 1. The summed E-state index contributed by atoms with van der Waals surface area (Å²) in [6.45, 7) is 4.22. The molecule has 0 fully saturated rings. The van der Waals surface area contributed by atoms with Crippen LogP contribution in [0.4, 0.5) is 0 Å². The standard InChI is InChI=1S/C23H24N2O4S/c1-3-29-20-10-12-21(13-11-20)30(27,28)22(19-5-4-14-24-15-19)16-25-23(26)18-8-6-17(2)7-9-18/h4-15,22H,3,16H2,1-2H3,(H,25,26). The fourth-order valence-corrected chi connectivity index (χ4v) is 4.67. The van der Waals surface area contributed by atoms with E-state index >= 15 is 0 Å². The van der Waals surface area contributed by atoms with Crippen LogP contribution >= 0.6 is 0 Å². The smallest absolute Gasteiger partial charge is 0.251 e. The number of benzene rings is 2. The highest BCUT2D eigenvalue weighted by Gasteiger charge is 2.30. The largest absolute Gasteiger partial charge is 0.494 e. The van der Waals surface area contributed by atoms with E-state index in [1.165, 1.54) is 18.3 Å². The number of nitrogens with zero attached hydrogens (tertiary/aromatic N) is 1. The number of hydrogen-bond acceptors (Lipinski definition) is 5. The summed E-state index contributed by atoms with van der Waals surface area (Å²) in [6, 6.07) is 16.8. The van der Waals surface area contributed by atoms with Gasteiger partial charge in [0.1, 0.15) is 11.0 Å². The fourth-order valence-electron chi connectivity index (χ4n) is 3.02. The van der Waals surface area contributed by atoms with Gasteiger partial charge < -0.3 is 10.1 Å². The predicted octanol–water partition coefficient (Wildman–Crippen LogP) is 3.73. The summed E-state index contributed by atoms with van der Waals surface area (Å²) >= 11 is 0. The molecule has 3 aromatic rings. The van der Waals surface area contributed by atoms with E-state index in [1.54, 1.807) is 42.6 Å². The normalized spacial score (nSPS) is 12.2. The molecular weight excluding hydrogens is 400 g/mol. The highest BCUT2D eigenvalue weighted by molar-refractivity contribution is 7.91. The number of hydrogen-bond donors (Lipinski definition) is 1. The zero-order chi connectivity index (χ0) is 21.6. The molecule has 3 rings (SSSR count). The average molecular weight is 425 g/mol. The molecule has 1 amide bonds. The topological polar surface area (TPSA) is 85.4 Å². The van der Waals surface area contributed by atoms with Crippen LogP contribution in [0.25, 0.3) is 0 Å². The molecule has 2 aromatic carbocycles. The molecule has 0 radical (unpaired) electrons. The lowest BCUT2D eigenvalue weighted by molar-refractivity contribution is 0.0953. The quantitative estimate of drug-likeness (QED) is 0.595. The minimum Gasteiger partial charge on any atom is -0.494 e. The summed E-state index contributed by atoms with van der Waals surface area (Å²) in [5.41, 5.74) is 2.03. The molecule has 0 saturated heterocycles. The van der Waals surface area contributed by atoms with Crippen LogP contribution in [0.1, 0.15) is 33.7 Å². The molecule has 1 unspecified atom stereocenters. The SMILES string of the molecule is CCOc1ccc(S(=O)(=O)C(CNC(=O)c2ccc(C)cc2)c2cccnc2)cc1. The van der Waals surface area contributed by atoms with Gasteiger partial charge in [0.15, 0.2) is 9.84 Å². The second-order valence-electron chi connectivity index (χ2n) is 6.80. The Morgan fingerprint density at radius 2 is 1.77 bits per heavy atom. The van der Waals surface area contributed by atoms with Gasteiger partial charge in [-0.05, 0) is 61.9 Å². The number of rotatable bonds is 8. The van der Waals surface area contributed by atoms with Crippen molar-refractivity contribution in [3.05, 3.63) is 89.7 Å². The first-order chi connectivity index (χ1) is 14.4. The van der Waals surface area contributed by atoms with Crippen LogP contribution in [0.15, 0.2) is 78.0 Å². The molecule has 0 aliphatic heterocycles. The summed E-state index contributed by atoms with van der Waals surface area (Å²) in [4.78, 5) is 16.7. The highest BCUT2D eigenvalue weighted by atomic mass is 32.2. The van der Waals surface area contributed by atoms with Crippen LogP contribution < -0.4 is 10.1 Å². The van der Waals surface area contributed by atoms with Crippen LogP contribution in [0.3, 0.4) is 0 Å². The Morgan fingerprint density at radius 3 is 2.37 bits per heavy atom. The Morgan fingerprint density at radius 1 is 1.07 bits per heavy atom. The molecule has 1 heterocycles. The molecule has 156 valence electrons. The average Bonchev–Trinajstić information content (AvgIpc) is 2.75. The molecule has 0 aliphatic carbocycles. The van der Waals surface area contributed by atoms with Crippen molar-refractivity contribution >= 4 is 15.7 Å². The maximum absolute atomic E-state index is 13.4. The van der Waals surface area contributed by atoms with Gasteiger partial charge in [-0.3, -0.25) is 9.78 Å². The monoisotopic (exact) mass is 424 g/mol. The third-order valence-corrected chi connectivity index (χ3v) is 6.77. The first-order valence-electron chi connectivity index (χ1n) is 9.63. The Balaban J connectivity index is 1.87. The maximum atomic E-state index is 13.4. The highest BCUT2D eigenvalue weighted by Crippen LogP contribution is 2.29. The van der Waals surface area contributed by atoms with Crippen LogP contribution in [0.2, 0.25) is 0 Å². The lowest BCUT2D eigenvalue weighted by Crippen LogP contribution is -2.32. The molecule has 1 aromatic heterocycles. The van der Waals surface area contributed by atoms with Gasteiger partial charge in [-0.25, -0.2) is 8.42 Å². The third kappa shape index (κ3) is 5.04. The van der Waals surface area contributed by atoms with Crippen LogP contribution in [-0.2, 0) is 9.84 Å². The van der Waals surface area contributed by atoms with E-state index in [9.17, 15) is 13.2 Å². The molecule has 6 nitrogen and oxygen atoms in total. The van der Waals surface area contributed by atoms with Gasteiger partial charge in [0.25, 0.3) is 5.91 Å². The molecule has 0 spiro atoms. The van der Waals surface area contributed by atoms with E-state index in [-0.39, 0.29) is 17.3 Å². The van der Waals surface area contributed by atoms with Crippen molar-refractivity contribution in [1.29, 1.82) is 0 Å². The van der Waals surface area contributed by atoms with Crippen molar-refractivity contribution in [2.24, 2.45) is 0 Å².